The van der Waals surface area contributed by atoms with Gasteiger partial charge in [0.15, 0.2) is 12.1 Å². The van der Waals surface area contributed by atoms with Gasteiger partial charge in [-0.15, -0.1) is 0 Å². The molecule has 0 amide bonds. The molecule has 5 rings (SSSR count). The molecule has 8 atom stereocenters. The zero-order chi connectivity index (χ0) is 19.5. The minimum Gasteiger partial charge on any atom is -0.353 e. The molecule has 1 heterocycles. The van der Waals surface area contributed by atoms with Gasteiger partial charge in [-0.05, 0) is 81.1 Å². The fourth-order valence-electron chi connectivity index (χ4n) is 7.59. The second-order valence-electron chi connectivity index (χ2n) is 10.6. The molecule has 1 aliphatic heterocycles. The number of carbonyl (C=O) groups is 1. The highest BCUT2D eigenvalue weighted by Crippen LogP contribution is 2.65. The summed E-state index contributed by atoms with van der Waals surface area (Å²) in [7, 11) is 0. The highest BCUT2D eigenvalue weighted by Gasteiger charge is 2.64. The number of hydrogen-bond acceptors (Lipinski definition) is 3. The molecule has 4 heteroatoms. The highest BCUT2D eigenvalue weighted by molar-refractivity contribution is 5.94. The van der Waals surface area contributed by atoms with Gasteiger partial charge < -0.3 is 9.47 Å². The number of allylic oxidation sites excluding steroid dienone is 2. The van der Waals surface area contributed by atoms with E-state index in [4.69, 9.17) is 9.47 Å². The predicted octanol–water partition coefficient (Wildman–Crippen LogP) is 5.38. The largest absolute Gasteiger partial charge is 0.353 e. The number of carbonyl (C=O) groups excluding carboxylic acids is 1. The second kappa shape index (κ2) is 6.91. The van der Waals surface area contributed by atoms with Crippen LogP contribution in [0.25, 0.3) is 0 Å². The lowest BCUT2D eigenvalue weighted by molar-refractivity contribution is -0.223. The van der Waals surface area contributed by atoms with Crippen LogP contribution in [-0.2, 0) is 14.3 Å². The fourth-order valence-corrected chi connectivity index (χ4v) is 7.59. The Labute approximate surface area is 168 Å². The fraction of sp³-hybridized carbons (Fsp3) is 0.875. The van der Waals surface area contributed by atoms with Gasteiger partial charge in [-0.3, -0.25) is 4.79 Å². The smallest absolute Gasteiger partial charge is 0.159 e. The number of ketones is 1. The van der Waals surface area contributed by atoms with E-state index in [0.29, 0.717) is 18.9 Å². The van der Waals surface area contributed by atoms with E-state index in [1.54, 1.807) is 0 Å². The Morgan fingerprint density at radius 2 is 1.96 bits per heavy atom. The van der Waals surface area contributed by atoms with E-state index in [2.05, 4.69) is 13.8 Å². The summed E-state index contributed by atoms with van der Waals surface area (Å²) in [6, 6.07) is 0. The van der Waals surface area contributed by atoms with Crippen LogP contribution in [0.3, 0.4) is 0 Å². The van der Waals surface area contributed by atoms with Crippen molar-refractivity contribution in [2.45, 2.75) is 96.6 Å². The maximum absolute atomic E-state index is 15.3. The number of hydrogen-bond donors (Lipinski definition) is 0. The van der Waals surface area contributed by atoms with Crippen LogP contribution in [0.1, 0.15) is 78.1 Å². The lowest BCUT2D eigenvalue weighted by Crippen LogP contribution is -2.54. The molecule has 0 aromatic rings. The Hall–Kier alpha value is -0.740. The number of halogens is 1. The molecule has 0 N–H and O–H groups in total. The van der Waals surface area contributed by atoms with Crippen LogP contribution in [0.15, 0.2) is 11.6 Å². The molecule has 3 saturated carbocycles. The first-order valence-corrected chi connectivity index (χ1v) is 11.6. The SMILES string of the molecule is CC12CCCCC1=CC(=O)C1C2CCC2(C)C1C[C@@H](F)C2OC1CCCCO1. The van der Waals surface area contributed by atoms with E-state index in [1.807, 2.05) is 6.08 Å². The molecule has 156 valence electrons. The normalized spacial score (nSPS) is 51.1. The van der Waals surface area contributed by atoms with E-state index < -0.39 is 12.3 Å². The third-order valence-electron chi connectivity index (χ3n) is 9.19. The zero-order valence-corrected chi connectivity index (χ0v) is 17.4. The summed E-state index contributed by atoms with van der Waals surface area (Å²) in [5.74, 6) is 0.732. The molecule has 0 aromatic heterocycles. The van der Waals surface area contributed by atoms with Crippen molar-refractivity contribution in [1.29, 1.82) is 0 Å². The quantitative estimate of drug-likeness (QED) is 0.635. The molecule has 4 fully saturated rings. The zero-order valence-electron chi connectivity index (χ0n) is 17.4. The third-order valence-corrected chi connectivity index (χ3v) is 9.19. The minimum absolute atomic E-state index is 0.0234. The molecule has 28 heavy (non-hydrogen) atoms. The van der Waals surface area contributed by atoms with Crippen molar-refractivity contribution in [3.63, 3.8) is 0 Å². The Kier molecular flexibility index (Phi) is 4.74. The summed E-state index contributed by atoms with van der Waals surface area (Å²) in [5.41, 5.74) is 1.27. The van der Waals surface area contributed by atoms with Crippen LogP contribution in [0, 0.1) is 28.6 Å². The molecule has 4 aliphatic carbocycles. The molecule has 1 saturated heterocycles. The lowest BCUT2D eigenvalue weighted by Gasteiger charge is -2.56. The summed E-state index contributed by atoms with van der Waals surface area (Å²) in [5, 5.41) is 0. The van der Waals surface area contributed by atoms with Crippen LogP contribution in [-0.4, -0.2) is 31.0 Å². The van der Waals surface area contributed by atoms with Crippen molar-refractivity contribution >= 4 is 5.78 Å². The van der Waals surface area contributed by atoms with Crippen LogP contribution in [0.4, 0.5) is 4.39 Å². The monoisotopic (exact) mass is 390 g/mol. The van der Waals surface area contributed by atoms with Crippen molar-refractivity contribution in [1.82, 2.24) is 0 Å². The first kappa shape index (κ1) is 19.2. The molecular formula is C24H35FO3. The molecule has 0 spiro atoms. The molecule has 0 radical (unpaired) electrons. The topological polar surface area (TPSA) is 35.5 Å². The van der Waals surface area contributed by atoms with Crippen molar-refractivity contribution in [3.05, 3.63) is 11.6 Å². The molecule has 0 aromatic carbocycles. The van der Waals surface area contributed by atoms with E-state index >= 15 is 4.39 Å². The van der Waals surface area contributed by atoms with Gasteiger partial charge in [0.25, 0.3) is 0 Å². The summed E-state index contributed by atoms with van der Waals surface area (Å²) in [6.45, 7) is 5.29. The van der Waals surface area contributed by atoms with Crippen LogP contribution in [0.2, 0.25) is 0 Å². The van der Waals surface area contributed by atoms with Crippen molar-refractivity contribution in [2.24, 2.45) is 28.6 Å². The van der Waals surface area contributed by atoms with Gasteiger partial charge in [-0.2, -0.15) is 0 Å². The second-order valence-corrected chi connectivity index (χ2v) is 10.6. The summed E-state index contributed by atoms with van der Waals surface area (Å²) in [4.78, 5) is 13.2. The number of rotatable bonds is 2. The van der Waals surface area contributed by atoms with E-state index in [0.717, 1.165) is 38.5 Å². The standard InChI is InChI=1S/C24H35FO3/c1-23-10-5-3-7-15(23)13-19(26)21-16(23)9-11-24(2)17(21)14-18(25)22(24)28-20-8-4-6-12-27-20/h13,16-18,20-22H,3-12,14H2,1-2H3/t16?,17?,18-,20?,21?,22?,23?,24?/m1/s1. The van der Waals surface area contributed by atoms with Crippen molar-refractivity contribution in [2.75, 3.05) is 6.61 Å². The lowest BCUT2D eigenvalue weighted by atomic mass is 9.48. The molecule has 0 bridgehead atoms. The van der Waals surface area contributed by atoms with Crippen LogP contribution < -0.4 is 0 Å². The number of alkyl halides is 1. The van der Waals surface area contributed by atoms with E-state index in [9.17, 15) is 4.79 Å². The average molecular weight is 391 g/mol. The van der Waals surface area contributed by atoms with Gasteiger partial charge in [-0.1, -0.05) is 25.8 Å². The van der Waals surface area contributed by atoms with Gasteiger partial charge in [0.05, 0.1) is 6.10 Å². The van der Waals surface area contributed by atoms with Crippen molar-refractivity contribution < 1.29 is 18.7 Å². The molecule has 3 nitrogen and oxygen atoms in total. The summed E-state index contributed by atoms with van der Waals surface area (Å²) in [6.07, 6.45) is 10.5. The Morgan fingerprint density at radius 1 is 1.11 bits per heavy atom. The average Bonchev–Trinajstić information content (AvgIpc) is 2.94. The van der Waals surface area contributed by atoms with Crippen LogP contribution >= 0.6 is 0 Å². The molecular weight excluding hydrogens is 355 g/mol. The first-order chi connectivity index (χ1) is 13.4. The predicted molar refractivity (Wildman–Crippen MR) is 105 cm³/mol. The first-order valence-electron chi connectivity index (χ1n) is 11.6. The maximum atomic E-state index is 15.3. The summed E-state index contributed by atoms with van der Waals surface area (Å²) >= 11 is 0. The van der Waals surface area contributed by atoms with Gasteiger partial charge in [0.1, 0.15) is 6.17 Å². The number of fused-ring (bicyclic) bond motifs is 5. The van der Waals surface area contributed by atoms with E-state index in [1.165, 1.54) is 24.8 Å². The Balaban J connectivity index is 1.43. The minimum atomic E-state index is -0.989. The Morgan fingerprint density at radius 3 is 2.75 bits per heavy atom. The van der Waals surface area contributed by atoms with Crippen molar-refractivity contribution in [3.8, 4) is 0 Å². The molecule has 7 unspecified atom stereocenters. The highest BCUT2D eigenvalue weighted by atomic mass is 19.1. The van der Waals surface area contributed by atoms with Crippen LogP contribution in [0.5, 0.6) is 0 Å². The van der Waals surface area contributed by atoms with Gasteiger partial charge in [0.2, 0.25) is 0 Å². The number of ether oxygens (including phenoxy) is 2. The van der Waals surface area contributed by atoms with Gasteiger partial charge >= 0.3 is 0 Å². The third kappa shape index (κ3) is 2.77. The molecule has 5 aliphatic rings. The summed E-state index contributed by atoms with van der Waals surface area (Å²) < 4.78 is 27.3. The van der Waals surface area contributed by atoms with Gasteiger partial charge in [-0.25, -0.2) is 4.39 Å². The maximum Gasteiger partial charge on any atom is 0.159 e. The van der Waals surface area contributed by atoms with E-state index in [-0.39, 0.29) is 34.7 Å². The Bertz CT molecular complexity index is 669. The van der Waals surface area contributed by atoms with Gasteiger partial charge in [0, 0.05) is 17.9 Å².